The first-order valence-corrected chi connectivity index (χ1v) is 6.39. The molecule has 16 heavy (non-hydrogen) atoms. The number of sulfonamides is 1. The van der Waals surface area contributed by atoms with Crippen LogP contribution < -0.4 is 10.5 Å². The Bertz CT molecular complexity index is 486. The van der Waals surface area contributed by atoms with E-state index in [0.29, 0.717) is 11.3 Å². The summed E-state index contributed by atoms with van der Waals surface area (Å²) >= 11 is 0. The van der Waals surface area contributed by atoms with Crippen molar-refractivity contribution in [2.45, 2.75) is 18.7 Å². The summed E-state index contributed by atoms with van der Waals surface area (Å²) < 4.78 is 25.6. The van der Waals surface area contributed by atoms with Gasteiger partial charge in [0.1, 0.15) is 0 Å². The molecule has 0 fully saturated rings. The van der Waals surface area contributed by atoms with Crippen LogP contribution in [0, 0.1) is 12.3 Å². The van der Waals surface area contributed by atoms with E-state index in [4.69, 9.17) is 12.2 Å². The molecule has 0 radical (unpaired) electrons. The van der Waals surface area contributed by atoms with Gasteiger partial charge >= 0.3 is 0 Å². The summed E-state index contributed by atoms with van der Waals surface area (Å²) in [5, 5.41) is 0. The molecule has 1 unspecified atom stereocenters. The van der Waals surface area contributed by atoms with Crippen molar-refractivity contribution in [3.63, 3.8) is 0 Å². The largest absolute Gasteiger partial charge is 0.399 e. The molecule has 1 aromatic carbocycles. The van der Waals surface area contributed by atoms with Gasteiger partial charge < -0.3 is 5.73 Å². The highest BCUT2D eigenvalue weighted by atomic mass is 32.2. The molecule has 0 aromatic heterocycles. The van der Waals surface area contributed by atoms with E-state index in [1.54, 1.807) is 31.2 Å². The van der Waals surface area contributed by atoms with Crippen molar-refractivity contribution in [3.8, 4) is 12.3 Å². The first-order valence-electron chi connectivity index (χ1n) is 4.73. The standard InChI is InChI=1S/C11H14N2O2S/c1-3-9(2)13-16(14,15)8-10-4-6-11(12)7-5-10/h1,4-7,9,13H,8,12H2,2H3. The van der Waals surface area contributed by atoms with E-state index in [2.05, 4.69) is 10.6 Å². The van der Waals surface area contributed by atoms with Crippen LogP contribution in [0.1, 0.15) is 12.5 Å². The van der Waals surface area contributed by atoms with Crippen molar-refractivity contribution >= 4 is 15.7 Å². The number of anilines is 1. The highest BCUT2D eigenvalue weighted by Gasteiger charge is 2.13. The van der Waals surface area contributed by atoms with Gasteiger partial charge in [0.05, 0.1) is 11.8 Å². The van der Waals surface area contributed by atoms with E-state index in [1.807, 2.05) is 0 Å². The summed E-state index contributed by atoms with van der Waals surface area (Å²) in [6.07, 6.45) is 5.10. The van der Waals surface area contributed by atoms with E-state index < -0.39 is 16.1 Å². The topological polar surface area (TPSA) is 72.2 Å². The summed E-state index contributed by atoms with van der Waals surface area (Å²) in [5.74, 6) is 2.21. The van der Waals surface area contributed by atoms with Crippen molar-refractivity contribution in [2.24, 2.45) is 0 Å². The summed E-state index contributed by atoms with van der Waals surface area (Å²) in [6.45, 7) is 1.61. The Labute approximate surface area is 95.9 Å². The second-order valence-corrected chi connectivity index (χ2v) is 5.26. The van der Waals surface area contributed by atoms with E-state index >= 15 is 0 Å². The maximum absolute atomic E-state index is 11.6. The van der Waals surface area contributed by atoms with Crippen molar-refractivity contribution in [3.05, 3.63) is 29.8 Å². The van der Waals surface area contributed by atoms with E-state index in [9.17, 15) is 8.42 Å². The zero-order valence-electron chi connectivity index (χ0n) is 8.97. The Kier molecular flexibility index (Phi) is 3.93. The lowest BCUT2D eigenvalue weighted by atomic mass is 10.2. The molecule has 5 heteroatoms. The fourth-order valence-electron chi connectivity index (χ4n) is 1.18. The molecule has 0 saturated heterocycles. The maximum Gasteiger partial charge on any atom is 0.216 e. The highest BCUT2D eigenvalue weighted by Crippen LogP contribution is 2.08. The molecule has 0 aliphatic rings. The lowest BCUT2D eigenvalue weighted by molar-refractivity contribution is 0.577. The number of nitrogens with one attached hydrogen (secondary N) is 1. The number of benzene rings is 1. The average molecular weight is 238 g/mol. The molecule has 0 aliphatic heterocycles. The van der Waals surface area contributed by atoms with Crippen molar-refractivity contribution in [1.82, 2.24) is 4.72 Å². The smallest absolute Gasteiger partial charge is 0.216 e. The molecule has 0 saturated carbocycles. The molecule has 1 atom stereocenters. The minimum atomic E-state index is -3.39. The van der Waals surface area contributed by atoms with Gasteiger partial charge in [0.2, 0.25) is 10.0 Å². The monoisotopic (exact) mass is 238 g/mol. The van der Waals surface area contributed by atoms with Crippen molar-refractivity contribution in [2.75, 3.05) is 5.73 Å². The quantitative estimate of drug-likeness (QED) is 0.599. The summed E-state index contributed by atoms with van der Waals surface area (Å²) in [4.78, 5) is 0. The van der Waals surface area contributed by atoms with Crippen LogP contribution in [0.2, 0.25) is 0 Å². The van der Waals surface area contributed by atoms with Crippen LogP contribution in [-0.4, -0.2) is 14.5 Å². The number of nitrogens with two attached hydrogens (primary N) is 1. The number of nitrogen functional groups attached to an aromatic ring is 1. The normalized spacial score (nSPS) is 13.0. The molecule has 0 bridgehead atoms. The van der Waals surface area contributed by atoms with E-state index in [0.717, 1.165) is 0 Å². The second kappa shape index (κ2) is 5.01. The van der Waals surface area contributed by atoms with Crippen molar-refractivity contribution in [1.29, 1.82) is 0 Å². The third kappa shape index (κ3) is 3.93. The first kappa shape index (κ1) is 12.6. The second-order valence-electron chi connectivity index (χ2n) is 3.51. The van der Waals surface area contributed by atoms with Crippen LogP contribution in [0.4, 0.5) is 5.69 Å². The van der Waals surface area contributed by atoms with Gasteiger partial charge in [0.15, 0.2) is 0 Å². The summed E-state index contributed by atoms with van der Waals surface area (Å²) in [6, 6.07) is 6.17. The molecule has 86 valence electrons. The fraction of sp³-hybridized carbons (Fsp3) is 0.273. The van der Waals surface area contributed by atoms with Crippen LogP contribution in [0.3, 0.4) is 0 Å². The molecule has 0 heterocycles. The van der Waals surface area contributed by atoms with Crippen LogP contribution in [-0.2, 0) is 15.8 Å². The molecular weight excluding hydrogens is 224 g/mol. The Balaban J connectivity index is 2.74. The first-order chi connectivity index (χ1) is 7.43. The number of hydrogen-bond donors (Lipinski definition) is 2. The van der Waals surface area contributed by atoms with Gasteiger partial charge in [-0.3, -0.25) is 0 Å². The predicted octanol–water partition coefficient (Wildman–Crippen LogP) is 0.710. The zero-order valence-corrected chi connectivity index (χ0v) is 9.79. The Morgan fingerprint density at radius 3 is 2.50 bits per heavy atom. The molecule has 3 N–H and O–H groups in total. The van der Waals surface area contributed by atoms with Crippen molar-refractivity contribution < 1.29 is 8.42 Å². The molecule has 1 rings (SSSR count). The highest BCUT2D eigenvalue weighted by molar-refractivity contribution is 7.88. The van der Waals surface area contributed by atoms with Gasteiger partial charge in [-0.05, 0) is 24.6 Å². The third-order valence-corrected chi connectivity index (χ3v) is 3.37. The molecule has 0 spiro atoms. The number of terminal acetylenes is 1. The zero-order chi connectivity index (χ0) is 12.2. The van der Waals surface area contributed by atoms with Gasteiger partial charge in [0.25, 0.3) is 0 Å². The molecule has 0 amide bonds. The SMILES string of the molecule is C#CC(C)NS(=O)(=O)Cc1ccc(N)cc1. The molecule has 0 aliphatic carbocycles. The van der Waals surface area contributed by atoms with Gasteiger partial charge in [-0.25, -0.2) is 13.1 Å². The van der Waals surface area contributed by atoms with Gasteiger partial charge in [-0.15, -0.1) is 6.42 Å². The van der Waals surface area contributed by atoms with Crippen LogP contribution in [0.15, 0.2) is 24.3 Å². The molecule has 4 nitrogen and oxygen atoms in total. The maximum atomic E-state index is 11.6. The van der Waals surface area contributed by atoms with Gasteiger partial charge in [-0.1, -0.05) is 18.1 Å². The van der Waals surface area contributed by atoms with Crippen LogP contribution >= 0.6 is 0 Å². The van der Waals surface area contributed by atoms with E-state index in [1.165, 1.54) is 0 Å². The van der Waals surface area contributed by atoms with Crippen LogP contribution in [0.25, 0.3) is 0 Å². The van der Waals surface area contributed by atoms with Gasteiger partial charge in [-0.2, -0.15) is 0 Å². The summed E-state index contributed by atoms with van der Waals surface area (Å²) in [5.41, 5.74) is 6.78. The van der Waals surface area contributed by atoms with Crippen LogP contribution in [0.5, 0.6) is 0 Å². The minimum absolute atomic E-state index is 0.0979. The average Bonchev–Trinajstić information content (AvgIpc) is 2.20. The Morgan fingerprint density at radius 2 is 2.00 bits per heavy atom. The summed E-state index contributed by atoms with van der Waals surface area (Å²) in [7, 11) is -3.39. The number of rotatable bonds is 4. The van der Waals surface area contributed by atoms with Gasteiger partial charge in [0, 0.05) is 5.69 Å². The predicted molar refractivity (Wildman–Crippen MR) is 64.9 cm³/mol. The lowest BCUT2D eigenvalue weighted by Gasteiger charge is -2.08. The number of hydrogen-bond acceptors (Lipinski definition) is 3. The van der Waals surface area contributed by atoms with E-state index in [-0.39, 0.29) is 5.75 Å². The lowest BCUT2D eigenvalue weighted by Crippen LogP contribution is -2.32. The minimum Gasteiger partial charge on any atom is -0.399 e. The third-order valence-electron chi connectivity index (χ3n) is 1.94. The Morgan fingerprint density at radius 1 is 1.44 bits per heavy atom. The molecule has 1 aromatic rings. The fourth-order valence-corrected chi connectivity index (χ4v) is 2.50. The Hall–Kier alpha value is -1.51. The molecular formula is C11H14N2O2S.